The maximum Gasteiger partial charge on any atom is 0.390 e. The van der Waals surface area contributed by atoms with Crippen LogP contribution in [-0.4, -0.2) is 36.1 Å². The van der Waals surface area contributed by atoms with Crippen molar-refractivity contribution in [2.45, 2.75) is 57.2 Å². The zero-order chi connectivity index (χ0) is 14.8. The van der Waals surface area contributed by atoms with E-state index in [9.17, 15) is 18.0 Å². The van der Waals surface area contributed by atoms with Crippen LogP contribution in [0, 0.1) is 11.8 Å². The number of hydrogen-bond donors (Lipinski definition) is 1. The smallest absolute Gasteiger partial charge is 0.342 e. The predicted octanol–water partition coefficient (Wildman–Crippen LogP) is 2.69. The van der Waals surface area contributed by atoms with Gasteiger partial charge < -0.3 is 10.6 Å². The molecule has 6 heteroatoms. The van der Waals surface area contributed by atoms with Crippen LogP contribution in [0.1, 0.15) is 44.9 Å². The lowest BCUT2D eigenvalue weighted by Crippen LogP contribution is -2.38. The molecule has 2 atom stereocenters. The van der Waals surface area contributed by atoms with Crippen LogP contribution >= 0.6 is 0 Å². The summed E-state index contributed by atoms with van der Waals surface area (Å²) in [6.07, 6.45) is 0.105. The second-order valence-electron chi connectivity index (χ2n) is 6.21. The molecule has 0 aliphatic heterocycles. The minimum atomic E-state index is -4.20. The third kappa shape index (κ3) is 4.96. The molecule has 0 aromatic carbocycles. The molecule has 2 fully saturated rings. The van der Waals surface area contributed by atoms with E-state index in [4.69, 9.17) is 5.73 Å². The highest BCUT2D eigenvalue weighted by Gasteiger charge is 2.34. The molecule has 2 rings (SSSR count). The minimum Gasteiger partial charge on any atom is -0.342 e. The van der Waals surface area contributed by atoms with Crippen LogP contribution in [0.25, 0.3) is 0 Å². The zero-order valence-electron chi connectivity index (χ0n) is 11.7. The molecular formula is C14H23F3N2O. The summed E-state index contributed by atoms with van der Waals surface area (Å²) in [5.41, 5.74) is 5.93. The molecule has 116 valence electrons. The second kappa shape index (κ2) is 6.33. The lowest BCUT2D eigenvalue weighted by atomic mass is 9.99. The van der Waals surface area contributed by atoms with Crippen LogP contribution in [0.2, 0.25) is 0 Å². The van der Waals surface area contributed by atoms with Crippen molar-refractivity contribution in [1.82, 2.24) is 4.90 Å². The van der Waals surface area contributed by atoms with Crippen molar-refractivity contribution in [3.05, 3.63) is 0 Å². The zero-order valence-corrected chi connectivity index (χ0v) is 11.7. The Hall–Kier alpha value is -0.780. The molecule has 2 aliphatic rings. The summed E-state index contributed by atoms with van der Waals surface area (Å²) < 4.78 is 37.0. The normalized spacial score (nSPS) is 26.8. The van der Waals surface area contributed by atoms with E-state index in [1.54, 1.807) is 0 Å². The minimum absolute atomic E-state index is 0.0318. The van der Waals surface area contributed by atoms with Gasteiger partial charge in [-0.1, -0.05) is 6.42 Å². The molecule has 2 aliphatic carbocycles. The first kappa shape index (κ1) is 15.6. The van der Waals surface area contributed by atoms with E-state index >= 15 is 0 Å². The molecule has 20 heavy (non-hydrogen) atoms. The number of nitrogens with two attached hydrogens (primary N) is 1. The average Bonchev–Trinajstić information content (AvgIpc) is 3.08. The molecule has 0 heterocycles. The van der Waals surface area contributed by atoms with Crippen molar-refractivity contribution in [3.63, 3.8) is 0 Å². The summed E-state index contributed by atoms with van der Waals surface area (Å²) in [7, 11) is 0. The first-order valence-electron chi connectivity index (χ1n) is 7.45. The van der Waals surface area contributed by atoms with Crippen LogP contribution in [0.4, 0.5) is 13.2 Å². The van der Waals surface area contributed by atoms with E-state index in [0.29, 0.717) is 18.9 Å². The summed E-state index contributed by atoms with van der Waals surface area (Å²) in [5.74, 6) is 0.406. The van der Waals surface area contributed by atoms with E-state index < -0.39 is 12.6 Å². The molecular weight excluding hydrogens is 269 g/mol. The van der Waals surface area contributed by atoms with Crippen molar-refractivity contribution in [1.29, 1.82) is 0 Å². The molecule has 0 radical (unpaired) electrons. The van der Waals surface area contributed by atoms with Crippen LogP contribution in [0.5, 0.6) is 0 Å². The molecule has 0 aromatic heterocycles. The Morgan fingerprint density at radius 2 is 1.90 bits per heavy atom. The molecule has 0 saturated heterocycles. The summed E-state index contributed by atoms with van der Waals surface area (Å²) >= 11 is 0. The number of carbonyl (C=O) groups excluding carboxylic acids is 1. The molecule has 2 saturated carbocycles. The van der Waals surface area contributed by atoms with E-state index in [0.717, 1.165) is 32.1 Å². The molecule has 0 unspecified atom stereocenters. The topological polar surface area (TPSA) is 46.3 Å². The summed E-state index contributed by atoms with van der Waals surface area (Å²) in [6.45, 7) is 0.275. The first-order chi connectivity index (χ1) is 9.35. The number of carbonyl (C=O) groups is 1. The number of halogens is 3. The lowest BCUT2D eigenvalue weighted by molar-refractivity contribution is -0.146. The highest BCUT2D eigenvalue weighted by Crippen LogP contribution is 2.32. The fraction of sp³-hybridized carbons (Fsp3) is 0.929. The van der Waals surface area contributed by atoms with Crippen molar-refractivity contribution in [3.8, 4) is 0 Å². The highest BCUT2D eigenvalue weighted by molar-refractivity contribution is 5.76. The average molecular weight is 292 g/mol. The van der Waals surface area contributed by atoms with Gasteiger partial charge in [-0.15, -0.1) is 0 Å². The summed E-state index contributed by atoms with van der Waals surface area (Å²) in [5, 5.41) is 0. The van der Waals surface area contributed by atoms with Crippen LogP contribution in [0.15, 0.2) is 0 Å². The van der Waals surface area contributed by atoms with Gasteiger partial charge >= 0.3 is 6.18 Å². The Morgan fingerprint density at radius 3 is 2.40 bits per heavy atom. The largest absolute Gasteiger partial charge is 0.390 e. The van der Waals surface area contributed by atoms with Gasteiger partial charge in [-0.25, -0.2) is 0 Å². The standard InChI is InChI=1S/C14H23F3N2O/c15-14(16,17)6-7-19(9-10-4-5-10)13(20)8-11-2-1-3-12(11)18/h10-12H,1-9,18H2/t11-,12+/m0/s1. The highest BCUT2D eigenvalue weighted by atomic mass is 19.4. The van der Waals surface area contributed by atoms with Crippen molar-refractivity contribution in [2.75, 3.05) is 13.1 Å². The Bertz CT molecular complexity index is 342. The van der Waals surface area contributed by atoms with E-state index in [-0.39, 0.29) is 24.4 Å². The van der Waals surface area contributed by atoms with Crippen LogP contribution in [0.3, 0.4) is 0 Å². The fourth-order valence-corrected chi connectivity index (χ4v) is 2.86. The fourth-order valence-electron chi connectivity index (χ4n) is 2.86. The maximum atomic E-state index is 12.3. The number of rotatable bonds is 6. The molecule has 0 spiro atoms. The van der Waals surface area contributed by atoms with E-state index in [1.165, 1.54) is 4.90 Å². The Labute approximate surface area is 117 Å². The molecule has 3 nitrogen and oxygen atoms in total. The molecule has 0 aromatic rings. The SMILES string of the molecule is N[C@@H]1CCC[C@H]1CC(=O)N(CCC(F)(F)F)CC1CC1. The third-order valence-electron chi connectivity index (χ3n) is 4.35. The van der Waals surface area contributed by atoms with Gasteiger partial charge in [0.1, 0.15) is 0 Å². The predicted molar refractivity (Wildman–Crippen MR) is 69.9 cm³/mol. The first-order valence-corrected chi connectivity index (χ1v) is 7.45. The summed E-state index contributed by atoms with van der Waals surface area (Å²) in [4.78, 5) is 13.6. The molecule has 1 amide bonds. The van der Waals surface area contributed by atoms with Crippen LogP contribution < -0.4 is 5.73 Å². The Kier molecular flexibility index (Phi) is 4.94. The van der Waals surface area contributed by atoms with Gasteiger partial charge in [0.15, 0.2) is 0 Å². The number of hydrogen-bond acceptors (Lipinski definition) is 2. The van der Waals surface area contributed by atoms with Gasteiger partial charge in [0.2, 0.25) is 5.91 Å². The maximum absolute atomic E-state index is 12.3. The molecule has 2 N–H and O–H groups in total. The quantitative estimate of drug-likeness (QED) is 0.818. The number of alkyl halides is 3. The lowest BCUT2D eigenvalue weighted by Gasteiger charge is -2.25. The van der Waals surface area contributed by atoms with E-state index in [2.05, 4.69) is 0 Å². The van der Waals surface area contributed by atoms with Gasteiger partial charge in [-0.05, 0) is 37.5 Å². The Balaban J connectivity index is 1.85. The van der Waals surface area contributed by atoms with Gasteiger partial charge in [0.25, 0.3) is 0 Å². The van der Waals surface area contributed by atoms with Gasteiger partial charge in [-0.3, -0.25) is 4.79 Å². The number of nitrogens with zero attached hydrogens (tertiary/aromatic N) is 1. The van der Waals surface area contributed by atoms with Crippen molar-refractivity contribution >= 4 is 5.91 Å². The summed E-state index contributed by atoms with van der Waals surface area (Å²) in [6, 6.07) is 0.0318. The van der Waals surface area contributed by atoms with Crippen molar-refractivity contribution < 1.29 is 18.0 Å². The van der Waals surface area contributed by atoms with Crippen LogP contribution in [-0.2, 0) is 4.79 Å². The van der Waals surface area contributed by atoms with Gasteiger partial charge in [0.05, 0.1) is 6.42 Å². The molecule has 0 bridgehead atoms. The van der Waals surface area contributed by atoms with Gasteiger partial charge in [0, 0.05) is 25.6 Å². The van der Waals surface area contributed by atoms with Gasteiger partial charge in [-0.2, -0.15) is 13.2 Å². The number of amides is 1. The Morgan fingerprint density at radius 1 is 1.20 bits per heavy atom. The van der Waals surface area contributed by atoms with Crippen molar-refractivity contribution in [2.24, 2.45) is 17.6 Å². The third-order valence-corrected chi connectivity index (χ3v) is 4.35. The second-order valence-corrected chi connectivity index (χ2v) is 6.21. The monoisotopic (exact) mass is 292 g/mol. The van der Waals surface area contributed by atoms with E-state index in [1.807, 2.05) is 0 Å².